The Labute approximate surface area is 114 Å². The predicted molar refractivity (Wildman–Crippen MR) is 72.3 cm³/mol. The van der Waals surface area contributed by atoms with Crippen molar-refractivity contribution in [3.05, 3.63) is 30.3 Å². The highest BCUT2D eigenvalue weighted by Crippen LogP contribution is 2.34. The van der Waals surface area contributed by atoms with Crippen molar-refractivity contribution in [3.8, 4) is 0 Å². The van der Waals surface area contributed by atoms with Crippen LogP contribution in [-0.2, 0) is 14.8 Å². The van der Waals surface area contributed by atoms with Crippen molar-refractivity contribution in [2.75, 3.05) is 13.1 Å². The zero-order valence-electron chi connectivity index (χ0n) is 11.0. The number of ether oxygens (including phenoxy) is 1. The molecule has 104 valence electrons. The van der Waals surface area contributed by atoms with Gasteiger partial charge in [0.25, 0.3) is 0 Å². The predicted octanol–water partition coefficient (Wildman–Crippen LogP) is 1.87. The summed E-state index contributed by atoms with van der Waals surface area (Å²) in [6.07, 6.45) is 2.29. The molecule has 0 amide bonds. The van der Waals surface area contributed by atoms with E-state index in [1.807, 2.05) is 6.07 Å². The quantitative estimate of drug-likeness (QED) is 0.831. The lowest BCUT2D eigenvalue weighted by atomic mass is 9.93. The number of benzene rings is 1. The number of hydrogen-bond acceptors (Lipinski definition) is 3. The fourth-order valence-electron chi connectivity index (χ4n) is 3.10. The van der Waals surface area contributed by atoms with Crippen molar-refractivity contribution in [2.24, 2.45) is 5.92 Å². The second-order valence-electron chi connectivity index (χ2n) is 5.45. The van der Waals surface area contributed by atoms with Crippen LogP contribution in [0.25, 0.3) is 0 Å². The molecule has 2 heterocycles. The molecule has 1 aromatic rings. The molecule has 0 aromatic heterocycles. The Morgan fingerprint density at radius 1 is 1.26 bits per heavy atom. The fourth-order valence-corrected chi connectivity index (χ4v) is 4.59. The van der Waals surface area contributed by atoms with E-state index in [1.165, 1.54) is 0 Å². The van der Waals surface area contributed by atoms with Gasteiger partial charge in [0.15, 0.2) is 0 Å². The molecule has 0 saturated carbocycles. The monoisotopic (exact) mass is 281 g/mol. The van der Waals surface area contributed by atoms with Gasteiger partial charge >= 0.3 is 0 Å². The summed E-state index contributed by atoms with van der Waals surface area (Å²) in [5.41, 5.74) is 0. The van der Waals surface area contributed by atoms with Gasteiger partial charge in [-0.2, -0.15) is 4.31 Å². The number of sulfonamides is 1. The lowest BCUT2D eigenvalue weighted by Crippen LogP contribution is -2.45. The maximum absolute atomic E-state index is 12.5. The minimum Gasteiger partial charge on any atom is -0.374 e. The lowest BCUT2D eigenvalue weighted by Gasteiger charge is -2.33. The van der Waals surface area contributed by atoms with Crippen molar-refractivity contribution in [1.82, 2.24) is 4.31 Å². The van der Waals surface area contributed by atoms with Crippen LogP contribution in [0.5, 0.6) is 0 Å². The van der Waals surface area contributed by atoms with Crippen molar-refractivity contribution in [1.29, 1.82) is 0 Å². The molecule has 0 unspecified atom stereocenters. The summed E-state index contributed by atoms with van der Waals surface area (Å²) in [5.74, 6) is 0.525. The summed E-state index contributed by atoms with van der Waals surface area (Å²) in [6, 6.07) is 8.65. The number of hydrogen-bond donors (Lipinski definition) is 0. The molecule has 3 atom stereocenters. The van der Waals surface area contributed by atoms with Gasteiger partial charge in [0.05, 0.1) is 17.1 Å². The molecule has 0 N–H and O–H groups in total. The summed E-state index contributed by atoms with van der Waals surface area (Å²) < 4.78 is 32.4. The molecule has 3 rings (SSSR count). The number of fused-ring (bicyclic) bond motifs is 1. The van der Waals surface area contributed by atoms with E-state index in [2.05, 4.69) is 6.92 Å². The number of rotatable bonds is 2. The van der Waals surface area contributed by atoms with E-state index in [9.17, 15) is 8.42 Å². The van der Waals surface area contributed by atoms with Crippen LogP contribution < -0.4 is 0 Å². The Hall–Kier alpha value is -0.910. The van der Waals surface area contributed by atoms with Gasteiger partial charge in [-0.25, -0.2) is 8.42 Å². The molecule has 2 aliphatic heterocycles. The van der Waals surface area contributed by atoms with Crippen LogP contribution >= 0.6 is 0 Å². The summed E-state index contributed by atoms with van der Waals surface area (Å²) >= 11 is 0. The topological polar surface area (TPSA) is 46.6 Å². The molecule has 2 saturated heterocycles. The molecule has 19 heavy (non-hydrogen) atoms. The van der Waals surface area contributed by atoms with Gasteiger partial charge in [-0.15, -0.1) is 0 Å². The van der Waals surface area contributed by atoms with Crippen molar-refractivity contribution < 1.29 is 13.2 Å². The first kappa shape index (κ1) is 13.1. The zero-order chi connectivity index (χ0) is 13.5. The second kappa shape index (κ2) is 4.89. The molecule has 0 radical (unpaired) electrons. The van der Waals surface area contributed by atoms with Crippen LogP contribution in [0.15, 0.2) is 35.2 Å². The van der Waals surface area contributed by atoms with Gasteiger partial charge < -0.3 is 4.74 Å². The molecule has 2 fully saturated rings. The molecule has 5 heteroatoms. The summed E-state index contributed by atoms with van der Waals surface area (Å²) in [6.45, 7) is 3.16. The Morgan fingerprint density at radius 2 is 2.00 bits per heavy atom. The van der Waals surface area contributed by atoms with Gasteiger partial charge in [-0.05, 0) is 37.8 Å². The third-order valence-electron chi connectivity index (χ3n) is 4.08. The first-order valence-electron chi connectivity index (χ1n) is 6.78. The zero-order valence-corrected chi connectivity index (χ0v) is 11.8. The van der Waals surface area contributed by atoms with E-state index in [0.29, 0.717) is 23.9 Å². The van der Waals surface area contributed by atoms with Gasteiger partial charge in [-0.1, -0.05) is 18.2 Å². The summed E-state index contributed by atoms with van der Waals surface area (Å²) in [7, 11) is -3.36. The van der Waals surface area contributed by atoms with Crippen molar-refractivity contribution in [3.63, 3.8) is 0 Å². The van der Waals surface area contributed by atoms with Gasteiger partial charge in [0.1, 0.15) is 0 Å². The van der Waals surface area contributed by atoms with E-state index in [-0.39, 0.29) is 12.2 Å². The molecule has 0 bridgehead atoms. The van der Waals surface area contributed by atoms with Crippen molar-refractivity contribution >= 4 is 10.0 Å². The van der Waals surface area contributed by atoms with E-state index in [4.69, 9.17) is 4.74 Å². The van der Waals surface area contributed by atoms with Gasteiger partial charge in [0.2, 0.25) is 10.0 Å². The average molecular weight is 281 g/mol. The van der Waals surface area contributed by atoms with E-state index >= 15 is 0 Å². The first-order valence-corrected chi connectivity index (χ1v) is 8.22. The normalized spacial score (nSPS) is 32.2. The molecule has 2 aliphatic rings. The molecule has 0 aliphatic carbocycles. The Kier molecular flexibility index (Phi) is 3.37. The standard InChI is InChI=1S/C14H19NO3S/c1-11-9-12-7-8-15(10-14(12)18-11)19(16,17)13-5-3-2-4-6-13/h2-6,11-12,14H,7-10H2,1H3/t11-,12+,14-/m1/s1. The highest BCUT2D eigenvalue weighted by molar-refractivity contribution is 7.89. The smallest absolute Gasteiger partial charge is 0.243 e. The Balaban J connectivity index is 1.80. The summed E-state index contributed by atoms with van der Waals surface area (Å²) in [5, 5.41) is 0. The highest BCUT2D eigenvalue weighted by Gasteiger charge is 2.40. The minimum atomic E-state index is -3.36. The van der Waals surface area contributed by atoms with E-state index in [1.54, 1.807) is 28.6 Å². The largest absolute Gasteiger partial charge is 0.374 e. The maximum Gasteiger partial charge on any atom is 0.243 e. The van der Waals surface area contributed by atoms with Crippen molar-refractivity contribution in [2.45, 2.75) is 36.9 Å². The lowest BCUT2D eigenvalue weighted by molar-refractivity contribution is 0.0182. The van der Waals surface area contributed by atoms with Crippen LogP contribution in [0.2, 0.25) is 0 Å². The molecule has 4 nitrogen and oxygen atoms in total. The second-order valence-corrected chi connectivity index (χ2v) is 7.38. The van der Waals surface area contributed by atoms with Crippen LogP contribution in [0, 0.1) is 5.92 Å². The van der Waals surface area contributed by atoms with Gasteiger partial charge in [0, 0.05) is 13.1 Å². The third kappa shape index (κ3) is 2.42. The SMILES string of the molecule is C[C@@H]1C[C@@H]2CCN(S(=O)(=O)c3ccccc3)C[C@H]2O1. The highest BCUT2D eigenvalue weighted by atomic mass is 32.2. The third-order valence-corrected chi connectivity index (χ3v) is 5.96. The van der Waals surface area contributed by atoms with E-state index < -0.39 is 10.0 Å². The molecular formula is C14H19NO3S. The molecule has 1 aromatic carbocycles. The number of nitrogens with zero attached hydrogens (tertiary/aromatic N) is 1. The molecular weight excluding hydrogens is 262 g/mol. The summed E-state index contributed by atoms with van der Waals surface area (Å²) in [4.78, 5) is 0.375. The molecule has 0 spiro atoms. The van der Waals surface area contributed by atoms with Crippen LogP contribution in [-0.4, -0.2) is 38.0 Å². The maximum atomic E-state index is 12.5. The van der Waals surface area contributed by atoms with Crippen LogP contribution in [0.4, 0.5) is 0 Å². The Bertz CT molecular complexity index is 543. The Morgan fingerprint density at radius 3 is 2.74 bits per heavy atom. The van der Waals surface area contributed by atoms with Crippen LogP contribution in [0.3, 0.4) is 0 Å². The fraction of sp³-hybridized carbons (Fsp3) is 0.571. The number of piperidine rings is 1. The first-order chi connectivity index (χ1) is 9.07. The van der Waals surface area contributed by atoms with Crippen LogP contribution in [0.1, 0.15) is 19.8 Å². The average Bonchev–Trinajstić information content (AvgIpc) is 2.78. The van der Waals surface area contributed by atoms with E-state index in [0.717, 1.165) is 12.8 Å². The van der Waals surface area contributed by atoms with Gasteiger partial charge in [-0.3, -0.25) is 0 Å². The minimum absolute atomic E-state index is 0.0715.